The normalized spacial score (nSPS) is 18.2. The molecule has 0 saturated heterocycles. The van der Waals surface area contributed by atoms with Gasteiger partial charge in [0.15, 0.2) is 0 Å². The number of hydrogen-bond donors (Lipinski definition) is 3. The molecule has 0 aliphatic carbocycles. The number of esters is 1. The molecule has 2 amide bonds. The quantitative estimate of drug-likeness (QED) is 0.274. The number of nitrogens with one attached hydrogen (secondary N) is 1. The molecule has 39 heavy (non-hydrogen) atoms. The van der Waals surface area contributed by atoms with Crippen molar-refractivity contribution in [3.05, 3.63) is 106 Å². The Balaban J connectivity index is 1.70. The Labute approximate surface area is 230 Å². The van der Waals surface area contributed by atoms with Crippen LogP contribution in [0.4, 0.5) is 0 Å². The van der Waals surface area contributed by atoms with Crippen LogP contribution < -0.4 is 5.48 Å². The standard InChI is InChI=1S/C29H29ClN2O7/c1-17(34)24(15-33)32-26(19-10-12-21(30)13-11-19)25(22-8-3-4-9-23(22)28(32)36)27(35)31-39-16-18-6-5-7-20(14-18)29(37)38-2/h3-14,17,24-26,33-34H,15-16H2,1-2H3,(H,31,35)/t17-,24-,25+,26-/m0/s1. The predicted octanol–water partition coefficient (Wildman–Crippen LogP) is 3.40. The van der Waals surface area contributed by atoms with Gasteiger partial charge in [0.1, 0.15) is 0 Å². The number of carbonyl (C=O) groups excluding carboxylic acids is 3. The molecular formula is C29H29ClN2O7. The Bertz CT molecular complexity index is 1350. The van der Waals surface area contributed by atoms with Gasteiger partial charge in [-0.1, -0.05) is 54.1 Å². The molecular weight excluding hydrogens is 524 g/mol. The minimum atomic E-state index is -1.08. The van der Waals surface area contributed by atoms with Crippen LogP contribution >= 0.6 is 11.6 Å². The van der Waals surface area contributed by atoms with Gasteiger partial charge >= 0.3 is 5.97 Å². The molecule has 4 rings (SSSR count). The SMILES string of the molecule is COC(=O)c1cccc(CONC(=O)[C@@H]2c3ccccc3C(=O)N([C@@H](CO)[C@H](C)O)[C@H]2c2ccc(Cl)cc2)c1. The predicted molar refractivity (Wildman–Crippen MR) is 143 cm³/mol. The molecule has 3 aromatic rings. The number of halogens is 1. The van der Waals surface area contributed by atoms with E-state index in [9.17, 15) is 24.6 Å². The zero-order valence-corrected chi connectivity index (χ0v) is 22.2. The Hall–Kier alpha value is -3.76. The number of fused-ring (bicyclic) bond motifs is 1. The molecule has 4 atom stereocenters. The summed E-state index contributed by atoms with van der Waals surface area (Å²) in [6, 6.07) is 18.2. The first kappa shape index (κ1) is 28.3. The number of rotatable bonds is 9. The molecule has 0 aromatic heterocycles. The van der Waals surface area contributed by atoms with Crippen LogP contribution in [0.25, 0.3) is 0 Å². The molecule has 1 aliphatic heterocycles. The highest BCUT2D eigenvalue weighted by Gasteiger charge is 2.47. The average molecular weight is 553 g/mol. The van der Waals surface area contributed by atoms with Crippen LogP contribution in [0.15, 0.2) is 72.8 Å². The summed E-state index contributed by atoms with van der Waals surface area (Å²) in [6.07, 6.45) is -1.08. The Morgan fingerprint density at radius 2 is 1.79 bits per heavy atom. The monoisotopic (exact) mass is 552 g/mol. The molecule has 9 nitrogen and oxygen atoms in total. The third-order valence-corrected chi connectivity index (χ3v) is 6.98. The first-order valence-electron chi connectivity index (χ1n) is 12.3. The number of methoxy groups -OCH3 is 1. The van der Waals surface area contributed by atoms with Gasteiger partial charge in [0.25, 0.3) is 11.8 Å². The van der Waals surface area contributed by atoms with Gasteiger partial charge in [0, 0.05) is 10.6 Å². The fourth-order valence-electron chi connectivity index (χ4n) is 4.85. The summed E-state index contributed by atoms with van der Waals surface area (Å²) in [6.45, 7) is 0.928. The molecule has 0 unspecified atom stereocenters. The van der Waals surface area contributed by atoms with Crippen molar-refractivity contribution < 1.29 is 34.2 Å². The van der Waals surface area contributed by atoms with Gasteiger partial charge < -0.3 is 19.8 Å². The average Bonchev–Trinajstić information content (AvgIpc) is 2.94. The van der Waals surface area contributed by atoms with E-state index in [2.05, 4.69) is 5.48 Å². The number of hydroxylamine groups is 1. The minimum Gasteiger partial charge on any atom is -0.465 e. The zero-order valence-electron chi connectivity index (χ0n) is 21.4. The second-order valence-corrected chi connectivity index (χ2v) is 9.65. The minimum absolute atomic E-state index is 0.0356. The van der Waals surface area contributed by atoms with Crippen molar-refractivity contribution in [2.24, 2.45) is 0 Å². The van der Waals surface area contributed by atoms with E-state index in [1.54, 1.807) is 72.8 Å². The summed E-state index contributed by atoms with van der Waals surface area (Å²) in [5.74, 6) is -2.40. The van der Waals surface area contributed by atoms with Crippen molar-refractivity contribution in [1.29, 1.82) is 0 Å². The number of ether oxygens (including phenoxy) is 1. The summed E-state index contributed by atoms with van der Waals surface area (Å²) in [4.78, 5) is 46.2. The number of nitrogens with zero attached hydrogens (tertiary/aromatic N) is 1. The van der Waals surface area contributed by atoms with Crippen LogP contribution in [-0.2, 0) is 21.0 Å². The number of carbonyl (C=O) groups is 3. The molecule has 0 bridgehead atoms. The molecule has 0 radical (unpaired) electrons. The third kappa shape index (κ3) is 5.97. The lowest BCUT2D eigenvalue weighted by molar-refractivity contribution is -0.138. The van der Waals surface area contributed by atoms with Gasteiger partial charge in [-0.15, -0.1) is 0 Å². The number of aliphatic hydroxyl groups excluding tert-OH is 2. The maximum absolute atomic E-state index is 13.8. The summed E-state index contributed by atoms with van der Waals surface area (Å²) >= 11 is 6.11. The largest absolute Gasteiger partial charge is 0.465 e. The Morgan fingerprint density at radius 3 is 2.46 bits per heavy atom. The van der Waals surface area contributed by atoms with Crippen LogP contribution in [0.2, 0.25) is 5.02 Å². The molecule has 3 aromatic carbocycles. The Morgan fingerprint density at radius 1 is 1.08 bits per heavy atom. The molecule has 204 valence electrons. The lowest BCUT2D eigenvalue weighted by Gasteiger charge is -2.45. The van der Waals surface area contributed by atoms with E-state index in [4.69, 9.17) is 21.2 Å². The second-order valence-electron chi connectivity index (χ2n) is 9.21. The van der Waals surface area contributed by atoms with Gasteiger partial charge in [-0.05, 0) is 53.9 Å². The molecule has 1 aliphatic rings. The molecule has 0 spiro atoms. The Kier molecular flexibility index (Phi) is 8.98. The van der Waals surface area contributed by atoms with Crippen LogP contribution in [0.5, 0.6) is 0 Å². The number of amides is 2. The zero-order chi connectivity index (χ0) is 28.1. The van der Waals surface area contributed by atoms with Crippen LogP contribution in [-0.4, -0.2) is 58.8 Å². The van der Waals surface area contributed by atoms with Gasteiger partial charge in [0.2, 0.25) is 0 Å². The number of hydrogen-bond acceptors (Lipinski definition) is 7. The molecule has 10 heteroatoms. The summed E-state index contributed by atoms with van der Waals surface area (Å²) in [5, 5.41) is 21.1. The molecule has 0 saturated carbocycles. The van der Waals surface area contributed by atoms with Gasteiger partial charge in [-0.25, -0.2) is 10.3 Å². The van der Waals surface area contributed by atoms with Gasteiger partial charge in [-0.3, -0.25) is 14.4 Å². The van der Waals surface area contributed by atoms with Crippen LogP contribution in [0, 0.1) is 0 Å². The topological polar surface area (TPSA) is 125 Å². The van der Waals surface area contributed by atoms with Crippen molar-refractivity contribution >= 4 is 29.4 Å². The summed E-state index contributed by atoms with van der Waals surface area (Å²) < 4.78 is 4.75. The van der Waals surface area contributed by atoms with E-state index in [1.807, 2.05) is 0 Å². The van der Waals surface area contributed by atoms with Crippen molar-refractivity contribution in [3.63, 3.8) is 0 Å². The third-order valence-electron chi connectivity index (χ3n) is 6.73. The molecule has 3 N–H and O–H groups in total. The maximum atomic E-state index is 13.8. The highest BCUT2D eigenvalue weighted by molar-refractivity contribution is 6.30. The van der Waals surface area contributed by atoms with E-state index in [-0.39, 0.29) is 12.2 Å². The summed E-state index contributed by atoms with van der Waals surface area (Å²) in [5.41, 5.74) is 4.82. The lowest BCUT2D eigenvalue weighted by atomic mass is 9.78. The van der Waals surface area contributed by atoms with Gasteiger partial charge in [-0.2, -0.15) is 0 Å². The van der Waals surface area contributed by atoms with E-state index in [0.717, 1.165) is 0 Å². The first-order valence-corrected chi connectivity index (χ1v) is 12.7. The van der Waals surface area contributed by atoms with Crippen molar-refractivity contribution in [2.75, 3.05) is 13.7 Å². The highest BCUT2D eigenvalue weighted by Crippen LogP contribution is 2.44. The lowest BCUT2D eigenvalue weighted by Crippen LogP contribution is -2.55. The van der Waals surface area contributed by atoms with Crippen molar-refractivity contribution in [2.45, 2.75) is 37.6 Å². The van der Waals surface area contributed by atoms with E-state index < -0.39 is 48.5 Å². The molecule has 1 heterocycles. The van der Waals surface area contributed by atoms with E-state index >= 15 is 0 Å². The van der Waals surface area contributed by atoms with Crippen LogP contribution in [0.1, 0.15) is 56.3 Å². The van der Waals surface area contributed by atoms with Gasteiger partial charge in [0.05, 0.1) is 50.0 Å². The number of benzene rings is 3. The smallest absolute Gasteiger partial charge is 0.337 e. The second kappa shape index (κ2) is 12.4. The summed E-state index contributed by atoms with van der Waals surface area (Å²) in [7, 11) is 1.29. The highest BCUT2D eigenvalue weighted by atomic mass is 35.5. The van der Waals surface area contributed by atoms with E-state index in [0.29, 0.717) is 27.3 Å². The van der Waals surface area contributed by atoms with Crippen molar-refractivity contribution in [3.8, 4) is 0 Å². The molecule has 0 fully saturated rings. The maximum Gasteiger partial charge on any atom is 0.337 e. The van der Waals surface area contributed by atoms with Crippen molar-refractivity contribution in [1.82, 2.24) is 10.4 Å². The fourth-order valence-corrected chi connectivity index (χ4v) is 4.97. The number of aliphatic hydroxyl groups is 2. The fraction of sp³-hybridized carbons (Fsp3) is 0.276. The van der Waals surface area contributed by atoms with E-state index in [1.165, 1.54) is 18.9 Å². The first-order chi connectivity index (χ1) is 18.8. The van der Waals surface area contributed by atoms with Crippen LogP contribution in [0.3, 0.4) is 0 Å².